The van der Waals surface area contributed by atoms with E-state index >= 15 is 0 Å². The number of rotatable bonds is 2. The van der Waals surface area contributed by atoms with Crippen molar-refractivity contribution in [2.24, 2.45) is 5.73 Å². The highest BCUT2D eigenvalue weighted by Gasteiger charge is 2.07. The van der Waals surface area contributed by atoms with Crippen molar-refractivity contribution in [3.05, 3.63) is 29.8 Å². The van der Waals surface area contributed by atoms with Crippen LogP contribution >= 0.6 is 0 Å². The first-order valence-corrected chi connectivity index (χ1v) is 4.24. The number of nitrogens with two attached hydrogens (primary N) is 1. The molecule has 2 heterocycles. The molecule has 0 unspecified atom stereocenters. The fourth-order valence-corrected chi connectivity index (χ4v) is 1.13. The van der Waals surface area contributed by atoms with Gasteiger partial charge in [0.1, 0.15) is 0 Å². The number of pyridine rings is 1. The summed E-state index contributed by atoms with van der Waals surface area (Å²) < 4.78 is 5.02. The third-order valence-corrected chi connectivity index (χ3v) is 1.77. The fourth-order valence-electron chi connectivity index (χ4n) is 1.13. The normalized spacial score (nSPS) is 10.4. The molecule has 0 saturated heterocycles. The lowest BCUT2D eigenvalue weighted by molar-refractivity contribution is 0.422. The smallest absolute Gasteiger partial charge is 0.259 e. The largest absolute Gasteiger partial charge is 0.334 e. The summed E-state index contributed by atoms with van der Waals surface area (Å²) in [5, 5.41) is 3.70. The number of hydrogen-bond acceptors (Lipinski definition) is 5. The monoisotopic (exact) mass is 190 g/mol. The molecule has 72 valence electrons. The maximum atomic E-state index is 5.37. The summed E-state index contributed by atoms with van der Waals surface area (Å²) >= 11 is 0. The number of hydrogen-bond donors (Lipinski definition) is 1. The van der Waals surface area contributed by atoms with Gasteiger partial charge in [-0.15, -0.1) is 0 Å². The Morgan fingerprint density at radius 3 is 2.93 bits per heavy atom. The van der Waals surface area contributed by atoms with Gasteiger partial charge in [-0.2, -0.15) is 4.98 Å². The van der Waals surface area contributed by atoms with Crippen LogP contribution in [0.5, 0.6) is 0 Å². The van der Waals surface area contributed by atoms with Gasteiger partial charge in [0.15, 0.2) is 5.82 Å². The van der Waals surface area contributed by atoms with E-state index in [0.717, 1.165) is 11.1 Å². The van der Waals surface area contributed by atoms with Gasteiger partial charge >= 0.3 is 0 Å². The van der Waals surface area contributed by atoms with Crippen LogP contribution in [0, 0.1) is 6.92 Å². The maximum Gasteiger partial charge on any atom is 0.259 e. The molecule has 2 rings (SSSR count). The van der Waals surface area contributed by atoms with Crippen molar-refractivity contribution in [2.75, 3.05) is 0 Å². The highest BCUT2D eigenvalue weighted by atomic mass is 16.5. The summed E-state index contributed by atoms with van der Waals surface area (Å²) in [5.74, 6) is 0.961. The van der Waals surface area contributed by atoms with Crippen molar-refractivity contribution < 1.29 is 4.52 Å². The molecule has 0 radical (unpaired) electrons. The Labute approximate surface area is 81.0 Å². The second kappa shape index (κ2) is 3.55. The average molecular weight is 190 g/mol. The third kappa shape index (κ3) is 1.62. The van der Waals surface area contributed by atoms with E-state index in [9.17, 15) is 0 Å². The van der Waals surface area contributed by atoms with Crippen LogP contribution in [0.1, 0.15) is 11.4 Å². The van der Waals surface area contributed by atoms with Crippen molar-refractivity contribution in [3.8, 4) is 11.5 Å². The van der Waals surface area contributed by atoms with E-state index in [0.29, 0.717) is 11.7 Å². The molecule has 2 aromatic heterocycles. The molecular weight excluding hydrogens is 180 g/mol. The van der Waals surface area contributed by atoms with Crippen LogP contribution in [-0.2, 0) is 6.54 Å². The first-order chi connectivity index (χ1) is 6.79. The van der Waals surface area contributed by atoms with Crippen LogP contribution in [0.25, 0.3) is 11.5 Å². The summed E-state index contributed by atoms with van der Waals surface area (Å²) in [4.78, 5) is 8.13. The molecule has 14 heavy (non-hydrogen) atoms. The molecule has 5 nitrogen and oxygen atoms in total. The van der Waals surface area contributed by atoms with Crippen molar-refractivity contribution >= 4 is 0 Å². The molecule has 0 amide bonds. The topological polar surface area (TPSA) is 77.8 Å². The predicted molar refractivity (Wildman–Crippen MR) is 50.2 cm³/mol. The van der Waals surface area contributed by atoms with Gasteiger partial charge < -0.3 is 10.3 Å². The van der Waals surface area contributed by atoms with Crippen molar-refractivity contribution in [1.29, 1.82) is 0 Å². The predicted octanol–water partition coefficient (Wildman–Crippen LogP) is 0.899. The Kier molecular flexibility index (Phi) is 2.24. The molecule has 2 N–H and O–H groups in total. The summed E-state index contributed by atoms with van der Waals surface area (Å²) in [7, 11) is 0. The van der Waals surface area contributed by atoms with Gasteiger partial charge in [-0.1, -0.05) is 5.16 Å². The summed E-state index contributed by atoms with van der Waals surface area (Å²) in [6, 6.07) is 1.93. The van der Waals surface area contributed by atoms with Gasteiger partial charge in [-0.05, 0) is 18.6 Å². The third-order valence-electron chi connectivity index (χ3n) is 1.77. The summed E-state index contributed by atoms with van der Waals surface area (Å²) in [6.07, 6.45) is 3.45. The standard InChI is InChI=1S/C9H10N4O/c1-6-2-7(5-11-4-6)9-12-8(3-10)13-14-9/h2,4-5H,3,10H2,1H3. The number of nitrogens with zero attached hydrogens (tertiary/aromatic N) is 3. The van der Waals surface area contributed by atoms with Gasteiger partial charge in [0, 0.05) is 12.4 Å². The molecule has 0 aliphatic heterocycles. The minimum Gasteiger partial charge on any atom is -0.334 e. The molecule has 0 atom stereocenters. The molecule has 5 heteroatoms. The quantitative estimate of drug-likeness (QED) is 0.761. The maximum absolute atomic E-state index is 5.37. The van der Waals surface area contributed by atoms with E-state index in [4.69, 9.17) is 10.3 Å². The second-order valence-electron chi connectivity index (χ2n) is 2.97. The second-order valence-corrected chi connectivity index (χ2v) is 2.97. The van der Waals surface area contributed by atoms with Gasteiger partial charge in [0.05, 0.1) is 12.1 Å². The minimum absolute atomic E-state index is 0.281. The highest BCUT2D eigenvalue weighted by molar-refractivity contribution is 5.51. The van der Waals surface area contributed by atoms with Crippen molar-refractivity contribution in [2.45, 2.75) is 13.5 Å². The van der Waals surface area contributed by atoms with Crippen LogP contribution in [0.3, 0.4) is 0 Å². The van der Waals surface area contributed by atoms with E-state index in [1.165, 1.54) is 0 Å². The molecule has 0 aliphatic carbocycles. The Bertz CT molecular complexity index is 438. The lowest BCUT2D eigenvalue weighted by Crippen LogP contribution is -1.97. The Hall–Kier alpha value is -1.75. The summed E-state index contributed by atoms with van der Waals surface area (Å²) in [6.45, 7) is 2.24. The number of aryl methyl sites for hydroxylation is 1. The summed E-state index contributed by atoms with van der Waals surface area (Å²) in [5.41, 5.74) is 7.24. The van der Waals surface area contributed by atoms with Crippen LogP contribution in [0.4, 0.5) is 0 Å². The van der Waals surface area contributed by atoms with Gasteiger partial charge in [-0.25, -0.2) is 0 Å². The molecule has 0 aliphatic rings. The first kappa shape index (κ1) is 8.83. The molecule has 0 aromatic carbocycles. The van der Waals surface area contributed by atoms with Crippen LogP contribution in [0.2, 0.25) is 0 Å². The molecule has 2 aromatic rings. The van der Waals surface area contributed by atoms with E-state index in [2.05, 4.69) is 15.1 Å². The molecular formula is C9H10N4O. The fraction of sp³-hybridized carbons (Fsp3) is 0.222. The van der Waals surface area contributed by atoms with E-state index in [1.807, 2.05) is 13.0 Å². The first-order valence-electron chi connectivity index (χ1n) is 4.24. The van der Waals surface area contributed by atoms with Crippen molar-refractivity contribution in [1.82, 2.24) is 15.1 Å². The molecule has 0 fully saturated rings. The van der Waals surface area contributed by atoms with E-state index < -0.39 is 0 Å². The zero-order chi connectivity index (χ0) is 9.97. The lowest BCUT2D eigenvalue weighted by Gasteiger charge is -1.93. The Morgan fingerprint density at radius 2 is 2.29 bits per heavy atom. The lowest BCUT2D eigenvalue weighted by atomic mass is 10.2. The van der Waals surface area contributed by atoms with Crippen LogP contribution < -0.4 is 5.73 Å². The zero-order valence-electron chi connectivity index (χ0n) is 7.77. The highest BCUT2D eigenvalue weighted by Crippen LogP contribution is 2.16. The Balaban J connectivity index is 2.39. The molecule has 0 spiro atoms. The Morgan fingerprint density at radius 1 is 1.43 bits per heavy atom. The zero-order valence-corrected chi connectivity index (χ0v) is 7.77. The average Bonchev–Trinajstić information content (AvgIpc) is 2.66. The molecule has 0 saturated carbocycles. The number of aromatic nitrogens is 3. The van der Waals surface area contributed by atoms with E-state index in [1.54, 1.807) is 12.4 Å². The van der Waals surface area contributed by atoms with Gasteiger partial charge in [-0.3, -0.25) is 4.98 Å². The van der Waals surface area contributed by atoms with Crippen molar-refractivity contribution in [3.63, 3.8) is 0 Å². The van der Waals surface area contributed by atoms with Gasteiger partial charge in [0.2, 0.25) is 0 Å². The SMILES string of the molecule is Cc1cncc(-c2nc(CN)no2)c1. The van der Waals surface area contributed by atoms with E-state index in [-0.39, 0.29) is 6.54 Å². The van der Waals surface area contributed by atoms with Crippen LogP contribution in [0.15, 0.2) is 23.0 Å². The molecule has 0 bridgehead atoms. The van der Waals surface area contributed by atoms with Gasteiger partial charge in [0.25, 0.3) is 5.89 Å². The van der Waals surface area contributed by atoms with Crippen LogP contribution in [-0.4, -0.2) is 15.1 Å². The minimum atomic E-state index is 0.281.